The molecule has 0 heterocycles. The third kappa shape index (κ3) is 8.03. The van der Waals surface area contributed by atoms with Gasteiger partial charge in [-0.3, -0.25) is 4.79 Å². The van der Waals surface area contributed by atoms with Crippen molar-refractivity contribution in [2.75, 3.05) is 13.7 Å². The van der Waals surface area contributed by atoms with Gasteiger partial charge in [0.2, 0.25) is 5.91 Å². The lowest BCUT2D eigenvalue weighted by molar-refractivity contribution is -0.122. The summed E-state index contributed by atoms with van der Waals surface area (Å²) in [7, 11) is 1.41. The molecular weight excluding hydrogens is 466 g/mol. The van der Waals surface area contributed by atoms with Gasteiger partial charge in [-0.1, -0.05) is 37.3 Å². The van der Waals surface area contributed by atoms with Crippen molar-refractivity contribution in [1.82, 2.24) is 10.6 Å². The highest BCUT2D eigenvalue weighted by Crippen LogP contribution is 2.26. The molecule has 192 valence electrons. The van der Waals surface area contributed by atoms with E-state index in [2.05, 4.69) is 23.6 Å². The molecule has 3 rings (SSSR count). The van der Waals surface area contributed by atoms with Crippen molar-refractivity contribution in [3.63, 3.8) is 0 Å². The summed E-state index contributed by atoms with van der Waals surface area (Å²) in [5.74, 6) is -1.65. The van der Waals surface area contributed by atoms with Crippen molar-refractivity contribution in [1.29, 1.82) is 0 Å². The Morgan fingerprint density at radius 1 is 0.972 bits per heavy atom. The second-order valence-corrected chi connectivity index (χ2v) is 8.71. The SMILES string of the molecule is CCc1cccc(CNC[C@@H](O)[C@H](Cc2cc(F)cc(F)c2)NC(=O)Cc2ccc(O)c(OC)c2)c1. The van der Waals surface area contributed by atoms with Crippen molar-refractivity contribution in [3.05, 3.63) is 94.6 Å². The van der Waals surface area contributed by atoms with E-state index in [1.165, 1.54) is 30.9 Å². The first-order valence-electron chi connectivity index (χ1n) is 11.8. The Morgan fingerprint density at radius 2 is 1.69 bits per heavy atom. The number of aliphatic hydroxyl groups excluding tert-OH is 1. The van der Waals surface area contributed by atoms with Gasteiger partial charge in [0.05, 0.1) is 25.7 Å². The van der Waals surface area contributed by atoms with E-state index in [0.29, 0.717) is 17.7 Å². The number of phenols is 1. The Hall–Kier alpha value is -3.49. The number of carbonyl (C=O) groups excluding carboxylic acids is 1. The van der Waals surface area contributed by atoms with Crippen molar-refractivity contribution in [2.45, 2.75) is 44.9 Å². The van der Waals surface area contributed by atoms with Crippen LogP contribution in [0.3, 0.4) is 0 Å². The van der Waals surface area contributed by atoms with Crippen molar-refractivity contribution in [3.8, 4) is 11.5 Å². The number of halogens is 2. The van der Waals surface area contributed by atoms with Crippen LogP contribution in [-0.4, -0.2) is 41.9 Å². The van der Waals surface area contributed by atoms with Crippen LogP contribution in [0.15, 0.2) is 60.7 Å². The average Bonchev–Trinajstić information content (AvgIpc) is 2.84. The number of amides is 1. The van der Waals surface area contributed by atoms with Crippen LogP contribution in [0.4, 0.5) is 8.78 Å². The first-order chi connectivity index (χ1) is 17.3. The summed E-state index contributed by atoms with van der Waals surface area (Å²) in [5.41, 5.74) is 3.19. The molecule has 1 amide bonds. The molecule has 0 saturated carbocycles. The van der Waals surface area contributed by atoms with Gasteiger partial charge in [0.25, 0.3) is 0 Å². The van der Waals surface area contributed by atoms with E-state index in [0.717, 1.165) is 18.1 Å². The third-order valence-corrected chi connectivity index (χ3v) is 5.88. The molecule has 0 unspecified atom stereocenters. The van der Waals surface area contributed by atoms with Crippen molar-refractivity contribution < 1.29 is 28.5 Å². The van der Waals surface area contributed by atoms with Crippen LogP contribution in [0, 0.1) is 11.6 Å². The standard InChI is InChI=1S/C28H32F2N2O4/c1-3-18-5-4-6-20(9-18)16-31-17-26(34)24(12-21-10-22(29)15-23(30)11-21)32-28(35)14-19-7-8-25(33)27(13-19)36-2/h4-11,13,15,24,26,31,33-34H,3,12,14,16-17H2,1-2H3,(H,32,35)/t24-,26+/m0/s1. The Balaban J connectivity index is 1.68. The number of methoxy groups -OCH3 is 1. The zero-order valence-electron chi connectivity index (χ0n) is 20.4. The van der Waals surface area contributed by atoms with Crippen LogP contribution in [0.2, 0.25) is 0 Å². The van der Waals surface area contributed by atoms with Crippen molar-refractivity contribution >= 4 is 5.91 Å². The third-order valence-electron chi connectivity index (χ3n) is 5.88. The number of carbonyl (C=O) groups is 1. The maximum Gasteiger partial charge on any atom is 0.224 e. The predicted octanol–water partition coefficient (Wildman–Crippen LogP) is 3.66. The lowest BCUT2D eigenvalue weighted by Crippen LogP contribution is -2.49. The van der Waals surface area contributed by atoms with Crippen LogP contribution in [-0.2, 0) is 30.6 Å². The Labute approximate surface area is 209 Å². The van der Waals surface area contributed by atoms with Gasteiger partial charge in [-0.2, -0.15) is 0 Å². The van der Waals surface area contributed by atoms with E-state index in [1.807, 2.05) is 18.2 Å². The van der Waals surface area contributed by atoms with Gasteiger partial charge in [0.1, 0.15) is 11.6 Å². The van der Waals surface area contributed by atoms with Crippen LogP contribution >= 0.6 is 0 Å². The fourth-order valence-corrected chi connectivity index (χ4v) is 4.01. The molecule has 6 nitrogen and oxygen atoms in total. The van der Waals surface area contributed by atoms with E-state index in [9.17, 15) is 23.8 Å². The fourth-order valence-electron chi connectivity index (χ4n) is 4.01. The lowest BCUT2D eigenvalue weighted by atomic mass is 10.00. The van der Waals surface area contributed by atoms with Gasteiger partial charge >= 0.3 is 0 Å². The average molecular weight is 499 g/mol. The first-order valence-corrected chi connectivity index (χ1v) is 11.8. The highest BCUT2D eigenvalue weighted by atomic mass is 19.1. The van der Waals surface area contributed by atoms with E-state index < -0.39 is 23.8 Å². The Morgan fingerprint density at radius 3 is 2.39 bits per heavy atom. The number of ether oxygens (including phenoxy) is 1. The summed E-state index contributed by atoms with van der Waals surface area (Å²) in [5, 5.41) is 26.7. The molecule has 0 spiro atoms. The fraction of sp³-hybridized carbons (Fsp3) is 0.321. The van der Waals surface area contributed by atoms with Crippen LogP contribution in [0.1, 0.15) is 29.2 Å². The van der Waals surface area contributed by atoms with Crippen LogP contribution in [0.25, 0.3) is 0 Å². The highest BCUT2D eigenvalue weighted by molar-refractivity contribution is 5.79. The normalized spacial score (nSPS) is 12.7. The minimum absolute atomic E-state index is 0.0331. The van der Waals surface area contributed by atoms with Gasteiger partial charge in [-0.05, 0) is 59.4 Å². The van der Waals surface area contributed by atoms with Crippen LogP contribution < -0.4 is 15.4 Å². The molecule has 0 aliphatic rings. The predicted molar refractivity (Wildman–Crippen MR) is 134 cm³/mol. The van der Waals surface area contributed by atoms with E-state index in [4.69, 9.17) is 4.74 Å². The number of nitrogens with one attached hydrogen (secondary N) is 2. The topological polar surface area (TPSA) is 90.8 Å². The van der Waals surface area contributed by atoms with Crippen molar-refractivity contribution in [2.24, 2.45) is 0 Å². The molecule has 0 bridgehead atoms. The zero-order valence-corrected chi connectivity index (χ0v) is 20.4. The van der Waals surface area contributed by atoms with Gasteiger partial charge in [-0.15, -0.1) is 0 Å². The molecule has 0 aliphatic heterocycles. The summed E-state index contributed by atoms with van der Waals surface area (Å²) >= 11 is 0. The molecule has 4 N–H and O–H groups in total. The molecule has 0 aliphatic carbocycles. The molecule has 0 radical (unpaired) electrons. The molecule has 36 heavy (non-hydrogen) atoms. The minimum atomic E-state index is -1.02. The molecule has 3 aromatic rings. The summed E-state index contributed by atoms with van der Waals surface area (Å²) in [6, 6.07) is 15.0. The molecule has 0 aromatic heterocycles. The maximum atomic E-state index is 13.8. The number of aromatic hydroxyl groups is 1. The summed E-state index contributed by atoms with van der Waals surface area (Å²) < 4.78 is 32.6. The Bertz CT molecular complexity index is 1150. The van der Waals surface area contributed by atoms with E-state index in [-0.39, 0.29) is 36.8 Å². The molecule has 3 aromatic carbocycles. The molecule has 2 atom stereocenters. The van der Waals surface area contributed by atoms with Crippen LogP contribution in [0.5, 0.6) is 11.5 Å². The molecule has 0 fully saturated rings. The monoisotopic (exact) mass is 498 g/mol. The van der Waals surface area contributed by atoms with Gasteiger partial charge in [-0.25, -0.2) is 8.78 Å². The zero-order chi connectivity index (χ0) is 26.1. The number of hydrogen-bond donors (Lipinski definition) is 4. The molecule has 8 heteroatoms. The number of benzene rings is 3. The van der Waals surface area contributed by atoms with Gasteiger partial charge in [0.15, 0.2) is 11.5 Å². The molecular formula is C28H32F2N2O4. The number of hydrogen-bond acceptors (Lipinski definition) is 5. The van der Waals surface area contributed by atoms with E-state index >= 15 is 0 Å². The second kappa shape index (κ2) is 13.0. The quantitative estimate of drug-likeness (QED) is 0.306. The first kappa shape index (κ1) is 27.1. The summed E-state index contributed by atoms with van der Waals surface area (Å²) in [4.78, 5) is 12.8. The maximum absolute atomic E-state index is 13.8. The Kier molecular flexibility index (Phi) is 9.78. The second-order valence-electron chi connectivity index (χ2n) is 8.71. The minimum Gasteiger partial charge on any atom is -0.504 e. The summed E-state index contributed by atoms with van der Waals surface area (Å²) in [6.45, 7) is 2.76. The number of aliphatic hydroxyl groups is 1. The summed E-state index contributed by atoms with van der Waals surface area (Å²) in [6.07, 6.45) is -0.104. The van der Waals surface area contributed by atoms with E-state index in [1.54, 1.807) is 12.1 Å². The highest BCUT2D eigenvalue weighted by Gasteiger charge is 2.23. The van der Waals surface area contributed by atoms with Gasteiger partial charge in [0, 0.05) is 19.2 Å². The smallest absolute Gasteiger partial charge is 0.224 e. The molecule has 0 saturated heterocycles. The lowest BCUT2D eigenvalue weighted by Gasteiger charge is -2.25. The number of phenolic OH excluding ortho intramolecular Hbond substituents is 1. The number of aryl methyl sites for hydroxylation is 1. The number of rotatable bonds is 12. The van der Waals surface area contributed by atoms with Gasteiger partial charge < -0.3 is 25.6 Å². The largest absolute Gasteiger partial charge is 0.504 e.